The molecule has 9 nitrogen and oxygen atoms in total. The molecular weight excluding hydrogens is 352 g/mol. The van der Waals surface area contributed by atoms with Gasteiger partial charge in [-0.1, -0.05) is 0 Å². The van der Waals surface area contributed by atoms with Gasteiger partial charge in [0.15, 0.2) is 5.52 Å². The van der Waals surface area contributed by atoms with Gasteiger partial charge in [0.2, 0.25) is 0 Å². The molecule has 3 rings (SSSR count). The molecule has 3 N–H and O–H groups in total. The predicted molar refractivity (Wildman–Crippen MR) is 97.7 cm³/mol. The minimum atomic E-state index is -1.12. The van der Waals surface area contributed by atoms with Gasteiger partial charge in [-0.2, -0.15) is 0 Å². The minimum Gasteiger partial charge on any atom is -0.465 e. The van der Waals surface area contributed by atoms with E-state index in [2.05, 4.69) is 9.97 Å². The Labute approximate surface area is 155 Å². The highest BCUT2D eigenvalue weighted by Crippen LogP contribution is 2.22. The van der Waals surface area contributed by atoms with Crippen molar-refractivity contribution in [3.05, 3.63) is 34.0 Å². The fourth-order valence-corrected chi connectivity index (χ4v) is 3.73. The van der Waals surface area contributed by atoms with Gasteiger partial charge in [-0.25, -0.2) is 14.8 Å². The van der Waals surface area contributed by atoms with E-state index >= 15 is 0 Å². The monoisotopic (exact) mass is 376 g/mol. The molecule has 0 bridgehead atoms. The van der Waals surface area contributed by atoms with Crippen LogP contribution in [0.4, 0.5) is 4.79 Å². The van der Waals surface area contributed by atoms with Crippen LogP contribution in [0.2, 0.25) is 0 Å². The van der Waals surface area contributed by atoms with Gasteiger partial charge in [0, 0.05) is 12.2 Å². The molecule has 0 aromatic carbocycles. The van der Waals surface area contributed by atoms with Crippen molar-refractivity contribution in [3.63, 3.8) is 0 Å². The summed E-state index contributed by atoms with van der Waals surface area (Å²) in [5.74, 6) is 0. The standard InChI is InChI=1S/C18H24N4O5/c1-10-6-11(2)20-16-15(10)19-9-21(17(16)25)8-12(23)7-13-14(24)4-3-5-22(13)18(26)27/h6,9,12-14,23-24H,3-5,7-8H2,1-2H3,(H,26,27)/t12?,13-,14+/m1/s1. The number of likely N-dealkylation sites (tertiary alicyclic amines) is 1. The molecule has 1 aliphatic rings. The lowest BCUT2D eigenvalue weighted by Crippen LogP contribution is -2.52. The number of hydrogen-bond donors (Lipinski definition) is 3. The molecule has 27 heavy (non-hydrogen) atoms. The largest absolute Gasteiger partial charge is 0.465 e. The zero-order valence-corrected chi connectivity index (χ0v) is 15.4. The summed E-state index contributed by atoms with van der Waals surface area (Å²) < 4.78 is 1.28. The molecule has 0 radical (unpaired) electrons. The third kappa shape index (κ3) is 3.93. The number of fused-ring (bicyclic) bond motifs is 1. The van der Waals surface area contributed by atoms with E-state index in [4.69, 9.17) is 0 Å². The van der Waals surface area contributed by atoms with Crippen molar-refractivity contribution in [1.29, 1.82) is 0 Å². The van der Waals surface area contributed by atoms with Crippen molar-refractivity contribution in [1.82, 2.24) is 19.4 Å². The van der Waals surface area contributed by atoms with E-state index < -0.39 is 24.3 Å². The van der Waals surface area contributed by atoms with Crippen molar-refractivity contribution in [2.45, 2.75) is 57.9 Å². The molecule has 1 aliphatic heterocycles. The first kappa shape index (κ1) is 19.2. The number of carboxylic acid groups (broad SMARTS) is 1. The van der Waals surface area contributed by atoms with Gasteiger partial charge < -0.3 is 20.2 Å². The van der Waals surface area contributed by atoms with E-state index in [1.807, 2.05) is 13.0 Å². The van der Waals surface area contributed by atoms with Crippen LogP contribution in [-0.2, 0) is 6.54 Å². The first-order valence-electron chi connectivity index (χ1n) is 8.97. The molecule has 9 heteroatoms. The second kappa shape index (κ2) is 7.61. The van der Waals surface area contributed by atoms with Crippen molar-refractivity contribution in [2.24, 2.45) is 0 Å². The Balaban J connectivity index is 1.81. The third-order valence-corrected chi connectivity index (χ3v) is 5.01. The van der Waals surface area contributed by atoms with Crippen molar-refractivity contribution in [3.8, 4) is 0 Å². The lowest BCUT2D eigenvalue weighted by molar-refractivity contribution is -0.00935. The van der Waals surface area contributed by atoms with Crippen LogP contribution >= 0.6 is 0 Å². The molecule has 1 fully saturated rings. The Kier molecular flexibility index (Phi) is 5.43. The predicted octanol–water partition coefficient (Wildman–Crippen LogP) is 0.663. The quantitative estimate of drug-likeness (QED) is 0.715. The molecule has 0 spiro atoms. The summed E-state index contributed by atoms with van der Waals surface area (Å²) in [6.07, 6.45) is -0.483. The molecule has 3 heterocycles. The SMILES string of the molecule is Cc1cc(C)c2ncn(CC(O)C[C@@H]3[C@@H](O)CCCN3C(=O)O)c(=O)c2n1. The number of nitrogens with zero attached hydrogens (tertiary/aromatic N) is 4. The Morgan fingerprint density at radius 2 is 2.11 bits per heavy atom. The average molecular weight is 376 g/mol. The normalized spacial score (nSPS) is 21.4. The van der Waals surface area contributed by atoms with Crippen LogP contribution in [0.1, 0.15) is 30.5 Å². The van der Waals surface area contributed by atoms with Gasteiger partial charge in [-0.05, 0) is 44.7 Å². The molecule has 0 aliphatic carbocycles. The van der Waals surface area contributed by atoms with Gasteiger partial charge in [-0.3, -0.25) is 9.36 Å². The van der Waals surface area contributed by atoms with Crippen LogP contribution < -0.4 is 5.56 Å². The fraction of sp³-hybridized carbons (Fsp3) is 0.556. The summed E-state index contributed by atoms with van der Waals surface area (Å²) in [6, 6.07) is 1.15. The average Bonchev–Trinajstić information content (AvgIpc) is 2.59. The van der Waals surface area contributed by atoms with Gasteiger partial charge in [0.05, 0.1) is 36.6 Å². The molecule has 3 atom stereocenters. The maximum atomic E-state index is 12.7. The van der Waals surface area contributed by atoms with E-state index in [0.29, 0.717) is 30.6 Å². The third-order valence-electron chi connectivity index (χ3n) is 5.01. The first-order chi connectivity index (χ1) is 12.8. The first-order valence-corrected chi connectivity index (χ1v) is 8.97. The number of amides is 1. The Hall–Kier alpha value is -2.52. The summed E-state index contributed by atoms with van der Waals surface area (Å²) in [6.45, 7) is 3.92. The summed E-state index contributed by atoms with van der Waals surface area (Å²) in [5.41, 5.74) is 1.97. The minimum absolute atomic E-state index is 0.0399. The maximum Gasteiger partial charge on any atom is 0.407 e. The second-order valence-corrected chi connectivity index (χ2v) is 7.12. The molecule has 2 aromatic rings. The molecule has 0 saturated carbocycles. The van der Waals surface area contributed by atoms with Crippen molar-refractivity contribution < 1.29 is 20.1 Å². The Bertz CT molecular complexity index is 912. The number of hydrogen-bond acceptors (Lipinski definition) is 6. The van der Waals surface area contributed by atoms with Crippen LogP contribution in [0, 0.1) is 13.8 Å². The molecule has 146 valence electrons. The second-order valence-electron chi connectivity index (χ2n) is 7.12. The lowest BCUT2D eigenvalue weighted by Gasteiger charge is -2.38. The van der Waals surface area contributed by atoms with E-state index in [0.717, 1.165) is 10.5 Å². The van der Waals surface area contributed by atoms with Crippen LogP contribution in [-0.4, -0.2) is 65.6 Å². The Morgan fingerprint density at radius 3 is 2.81 bits per heavy atom. The van der Waals surface area contributed by atoms with Gasteiger partial charge >= 0.3 is 6.09 Å². The zero-order chi connectivity index (χ0) is 19.7. The highest BCUT2D eigenvalue weighted by atomic mass is 16.4. The van der Waals surface area contributed by atoms with Crippen LogP contribution in [0.25, 0.3) is 11.0 Å². The number of aromatic nitrogens is 3. The molecular formula is C18H24N4O5. The number of aryl methyl sites for hydroxylation is 2. The van der Waals surface area contributed by atoms with Gasteiger partial charge in [0.1, 0.15) is 0 Å². The molecule has 1 unspecified atom stereocenters. The molecule has 2 aromatic heterocycles. The smallest absolute Gasteiger partial charge is 0.407 e. The van der Waals surface area contributed by atoms with E-state index in [1.165, 1.54) is 10.9 Å². The van der Waals surface area contributed by atoms with Crippen LogP contribution in [0.15, 0.2) is 17.2 Å². The number of carbonyl (C=O) groups is 1. The molecule has 1 saturated heterocycles. The van der Waals surface area contributed by atoms with E-state index in [-0.39, 0.29) is 24.0 Å². The Morgan fingerprint density at radius 1 is 1.37 bits per heavy atom. The topological polar surface area (TPSA) is 129 Å². The van der Waals surface area contributed by atoms with Crippen LogP contribution in [0.3, 0.4) is 0 Å². The highest BCUT2D eigenvalue weighted by Gasteiger charge is 2.34. The van der Waals surface area contributed by atoms with Gasteiger partial charge in [-0.15, -0.1) is 0 Å². The van der Waals surface area contributed by atoms with Crippen molar-refractivity contribution in [2.75, 3.05) is 6.54 Å². The maximum absolute atomic E-state index is 12.7. The number of pyridine rings is 1. The summed E-state index contributed by atoms with van der Waals surface area (Å²) >= 11 is 0. The number of piperidine rings is 1. The lowest BCUT2D eigenvalue weighted by atomic mass is 9.94. The number of rotatable bonds is 4. The van der Waals surface area contributed by atoms with E-state index in [1.54, 1.807) is 6.92 Å². The van der Waals surface area contributed by atoms with Crippen molar-refractivity contribution >= 4 is 17.1 Å². The van der Waals surface area contributed by atoms with E-state index in [9.17, 15) is 24.9 Å². The number of aliphatic hydroxyl groups is 2. The number of aliphatic hydroxyl groups excluding tert-OH is 2. The fourth-order valence-electron chi connectivity index (χ4n) is 3.73. The molecule has 1 amide bonds. The summed E-state index contributed by atoms with van der Waals surface area (Å²) in [5, 5.41) is 29.9. The van der Waals surface area contributed by atoms with Crippen LogP contribution in [0.5, 0.6) is 0 Å². The van der Waals surface area contributed by atoms with Gasteiger partial charge in [0.25, 0.3) is 5.56 Å². The highest BCUT2D eigenvalue weighted by molar-refractivity contribution is 5.76. The summed E-state index contributed by atoms with van der Waals surface area (Å²) in [4.78, 5) is 33.8. The summed E-state index contributed by atoms with van der Waals surface area (Å²) in [7, 11) is 0. The zero-order valence-electron chi connectivity index (χ0n) is 15.4.